The molecule has 26 heavy (non-hydrogen) atoms. The van der Waals surface area contributed by atoms with Crippen molar-refractivity contribution in [3.8, 4) is 0 Å². The Morgan fingerprint density at radius 1 is 1.27 bits per heavy atom. The second-order valence-corrected chi connectivity index (χ2v) is 8.37. The molecule has 0 bridgehead atoms. The van der Waals surface area contributed by atoms with E-state index in [1.54, 1.807) is 0 Å². The van der Waals surface area contributed by atoms with E-state index < -0.39 is 15.8 Å². The van der Waals surface area contributed by atoms with Gasteiger partial charge < -0.3 is 10.2 Å². The van der Waals surface area contributed by atoms with Crippen LogP contribution in [0.4, 0.5) is 4.39 Å². The largest absolute Gasteiger partial charge is 0.343 e. The van der Waals surface area contributed by atoms with Gasteiger partial charge in [0.15, 0.2) is 0 Å². The minimum Gasteiger partial charge on any atom is -0.343 e. The number of amides is 1. The van der Waals surface area contributed by atoms with Gasteiger partial charge in [0.05, 0.1) is 4.90 Å². The molecule has 1 saturated heterocycles. The van der Waals surface area contributed by atoms with Crippen molar-refractivity contribution in [2.24, 2.45) is 0 Å². The molecule has 1 aromatic carbocycles. The molecule has 1 fully saturated rings. The molecule has 0 atom stereocenters. The Balaban J connectivity index is 0.00000338. The van der Waals surface area contributed by atoms with Crippen molar-refractivity contribution in [2.75, 3.05) is 33.7 Å². The van der Waals surface area contributed by atoms with Gasteiger partial charge in [-0.05, 0) is 50.6 Å². The predicted molar refractivity (Wildman–Crippen MR) is 101 cm³/mol. The van der Waals surface area contributed by atoms with E-state index >= 15 is 0 Å². The number of rotatable bonds is 7. The predicted octanol–water partition coefficient (Wildman–Crippen LogP) is 1.86. The molecule has 1 N–H and O–H groups in total. The van der Waals surface area contributed by atoms with Crippen molar-refractivity contribution in [2.45, 2.75) is 36.6 Å². The smallest absolute Gasteiger partial charge is 0.242 e. The molecule has 1 amide bonds. The summed E-state index contributed by atoms with van der Waals surface area (Å²) in [5, 5.41) is 3.22. The minimum atomic E-state index is -3.66. The van der Waals surface area contributed by atoms with E-state index in [1.165, 1.54) is 23.5 Å². The summed E-state index contributed by atoms with van der Waals surface area (Å²) < 4.78 is 38.9. The molecule has 6 nitrogen and oxygen atoms in total. The first-order valence-corrected chi connectivity index (χ1v) is 9.95. The van der Waals surface area contributed by atoms with Gasteiger partial charge in [-0.2, -0.15) is 0 Å². The lowest BCUT2D eigenvalue weighted by atomic mass is 10.0. The minimum absolute atomic E-state index is 0. The van der Waals surface area contributed by atoms with Gasteiger partial charge >= 0.3 is 0 Å². The van der Waals surface area contributed by atoms with Crippen LogP contribution in [0, 0.1) is 5.82 Å². The summed E-state index contributed by atoms with van der Waals surface area (Å²) in [6, 6.07) is 5.21. The molecular weight excluding hydrogens is 381 g/mol. The highest BCUT2D eigenvalue weighted by atomic mass is 35.5. The van der Waals surface area contributed by atoms with Crippen LogP contribution in [0.25, 0.3) is 0 Å². The third-order valence-corrected chi connectivity index (χ3v) is 6.51. The lowest BCUT2D eigenvalue weighted by molar-refractivity contribution is -0.132. The van der Waals surface area contributed by atoms with Crippen LogP contribution in [0.2, 0.25) is 0 Å². The summed E-state index contributed by atoms with van der Waals surface area (Å²) in [5.41, 5.74) is 0. The Morgan fingerprint density at radius 2 is 1.85 bits per heavy atom. The Labute approximate surface area is 161 Å². The number of benzene rings is 1. The third kappa shape index (κ3) is 5.90. The Bertz CT molecular complexity index is 677. The average Bonchev–Trinajstić information content (AvgIpc) is 2.62. The van der Waals surface area contributed by atoms with Crippen molar-refractivity contribution >= 4 is 28.3 Å². The first-order chi connectivity index (χ1) is 11.8. The van der Waals surface area contributed by atoms with Crippen LogP contribution < -0.4 is 5.32 Å². The zero-order chi connectivity index (χ0) is 18.4. The summed E-state index contributed by atoms with van der Waals surface area (Å²) in [5.74, 6) is -0.406. The van der Waals surface area contributed by atoms with Crippen LogP contribution in [0.15, 0.2) is 29.2 Å². The van der Waals surface area contributed by atoms with Crippen LogP contribution >= 0.6 is 12.4 Å². The quantitative estimate of drug-likeness (QED) is 0.749. The Morgan fingerprint density at radius 3 is 2.38 bits per heavy atom. The average molecular weight is 408 g/mol. The van der Waals surface area contributed by atoms with Gasteiger partial charge in [0, 0.05) is 39.1 Å². The molecule has 1 aliphatic rings. The molecule has 1 aromatic rings. The van der Waals surface area contributed by atoms with E-state index in [1.807, 2.05) is 11.9 Å². The number of sulfonamides is 1. The van der Waals surface area contributed by atoms with Crippen molar-refractivity contribution in [1.29, 1.82) is 0 Å². The molecular formula is C17H27ClFN3O3S. The molecule has 0 aromatic heterocycles. The summed E-state index contributed by atoms with van der Waals surface area (Å²) in [4.78, 5) is 14.1. The van der Waals surface area contributed by atoms with Gasteiger partial charge in [-0.15, -0.1) is 12.4 Å². The zero-order valence-electron chi connectivity index (χ0n) is 15.2. The first-order valence-electron chi connectivity index (χ1n) is 8.51. The van der Waals surface area contributed by atoms with Crippen LogP contribution in [0.3, 0.4) is 0 Å². The number of nitrogens with one attached hydrogen (secondary N) is 1. The van der Waals surface area contributed by atoms with Crippen LogP contribution in [0.5, 0.6) is 0 Å². The number of piperidine rings is 1. The van der Waals surface area contributed by atoms with E-state index in [9.17, 15) is 17.6 Å². The van der Waals surface area contributed by atoms with E-state index in [4.69, 9.17) is 0 Å². The van der Waals surface area contributed by atoms with E-state index in [0.717, 1.165) is 38.1 Å². The highest BCUT2D eigenvalue weighted by Gasteiger charge is 2.23. The maximum atomic E-state index is 12.9. The van der Waals surface area contributed by atoms with Gasteiger partial charge in [-0.3, -0.25) is 4.79 Å². The van der Waals surface area contributed by atoms with Crippen molar-refractivity contribution < 1.29 is 17.6 Å². The van der Waals surface area contributed by atoms with E-state index in [0.29, 0.717) is 18.9 Å². The van der Waals surface area contributed by atoms with Crippen molar-refractivity contribution in [1.82, 2.24) is 14.5 Å². The lowest BCUT2D eigenvalue weighted by Crippen LogP contribution is -2.44. The monoisotopic (exact) mass is 407 g/mol. The molecule has 1 heterocycles. The normalized spacial score (nSPS) is 15.8. The fourth-order valence-electron chi connectivity index (χ4n) is 2.94. The number of hydrogen-bond donors (Lipinski definition) is 1. The van der Waals surface area contributed by atoms with Gasteiger partial charge in [-0.25, -0.2) is 17.1 Å². The maximum absolute atomic E-state index is 12.9. The van der Waals surface area contributed by atoms with E-state index in [2.05, 4.69) is 5.32 Å². The molecule has 9 heteroatoms. The Hall–Kier alpha value is -1.22. The number of nitrogens with zero attached hydrogens (tertiary/aromatic N) is 2. The molecule has 0 unspecified atom stereocenters. The molecule has 0 saturated carbocycles. The summed E-state index contributed by atoms with van der Waals surface area (Å²) in [6.45, 7) is 1.74. The number of carbonyl (C=O) groups excluding carboxylic acids is 1. The number of hydrogen-bond acceptors (Lipinski definition) is 4. The van der Waals surface area contributed by atoms with E-state index in [-0.39, 0.29) is 29.8 Å². The summed E-state index contributed by atoms with van der Waals surface area (Å²) in [6.07, 6.45) is 2.68. The number of carbonyl (C=O) groups is 1. The van der Waals surface area contributed by atoms with Crippen LogP contribution in [-0.4, -0.2) is 63.3 Å². The maximum Gasteiger partial charge on any atom is 0.242 e. The fourth-order valence-corrected chi connectivity index (χ4v) is 4.14. The number of likely N-dealkylation sites (tertiary alicyclic amines) is 1. The van der Waals surface area contributed by atoms with Gasteiger partial charge in [0.2, 0.25) is 15.9 Å². The standard InChI is InChI=1S/C17H26FN3O3S.ClH/c1-19-15-9-12-21(13-10-15)17(22)4-3-11-20(2)25(23,24)16-7-5-14(18)6-8-16;/h5-8,15,19H,3-4,9-13H2,1-2H3;1H. The molecule has 148 valence electrons. The van der Waals surface area contributed by atoms with Gasteiger partial charge in [-0.1, -0.05) is 0 Å². The van der Waals surface area contributed by atoms with Gasteiger partial charge in [0.1, 0.15) is 5.82 Å². The van der Waals surface area contributed by atoms with Gasteiger partial charge in [0.25, 0.3) is 0 Å². The lowest BCUT2D eigenvalue weighted by Gasteiger charge is -2.32. The molecule has 2 rings (SSSR count). The van der Waals surface area contributed by atoms with Crippen LogP contribution in [0.1, 0.15) is 25.7 Å². The van der Waals surface area contributed by atoms with Crippen molar-refractivity contribution in [3.63, 3.8) is 0 Å². The molecule has 0 radical (unpaired) electrons. The third-order valence-electron chi connectivity index (χ3n) is 4.64. The van der Waals surface area contributed by atoms with Crippen LogP contribution in [-0.2, 0) is 14.8 Å². The number of halogens is 2. The summed E-state index contributed by atoms with van der Waals surface area (Å²) >= 11 is 0. The molecule has 0 spiro atoms. The highest BCUT2D eigenvalue weighted by molar-refractivity contribution is 7.89. The zero-order valence-corrected chi connectivity index (χ0v) is 16.8. The topological polar surface area (TPSA) is 69.7 Å². The fraction of sp³-hybridized carbons (Fsp3) is 0.588. The second kappa shape index (κ2) is 10.2. The Kier molecular flexibility index (Phi) is 8.95. The van der Waals surface area contributed by atoms with Crippen molar-refractivity contribution in [3.05, 3.63) is 30.1 Å². The molecule has 1 aliphatic heterocycles. The first kappa shape index (κ1) is 22.8. The second-order valence-electron chi connectivity index (χ2n) is 6.33. The SMILES string of the molecule is CNC1CCN(C(=O)CCCN(C)S(=O)(=O)c2ccc(F)cc2)CC1.Cl. The molecule has 0 aliphatic carbocycles. The highest BCUT2D eigenvalue weighted by Crippen LogP contribution is 2.16. The summed E-state index contributed by atoms with van der Waals surface area (Å²) in [7, 11) is -0.252.